The Morgan fingerprint density at radius 1 is 1.27 bits per heavy atom. The first kappa shape index (κ1) is 19.6. The average molecular weight is 428 g/mol. The van der Waals surface area contributed by atoms with Crippen molar-refractivity contribution >= 4 is 17.1 Å². The fourth-order valence-corrected chi connectivity index (χ4v) is 5.29. The summed E-state index contributed by atoms with van der Waals surface area (Å²) in [5.41, 5.74) is 3.17. The molecule has 1 aliphatic heterocycles. The number of pyridine rings is 1. The Labute approximate surface area is 180 Å². The molecule has 1 N–H and O–H groups in total. The van der Waals surface area contributed by atoms with Crippen molar-refractivity contribution in [3.05, 3.63) is 57.0 Å². The molecule has 8 heteroatoms. The number of ether oxygens (including phenoxy) is 1. The number of nitrogens with one attached hydrogen (secondary N) is 1. The van der Waals surface area contributed by atoms with Gasteiger partial charge in [0.15, 0.2) is 0 Å². The highest BCUT2D eigenvalue weighted by Crippen LogP contribution is 2.49. The molecule has 2 aliphatic rings. The van der Waals surface area contributed by atoms with E-state index in [0.717, 1.165) is 73.7 Å². The van der Waals surface area contributed by atoms with Gasteiger partial charge in [-0.05, 0) is 63.8 Å². The smallest absolute Gasteiger partial charge is 0.283 e. The Morgan fingerprint density at radius 3 is 2.87 bits per heavy atom. The second kappa shape index (κ2) is 7.39. The summed E-state index contributed by atoms with van der Waals surface area (Å²) < 4.78 is 8.47. The van der Waals surface area contributed by atoms with Crippen molar-refractivity contribution in [1.29, 1.82) is 0 Å². The van der Waals surface area contributed by atoms with E-state index in [0.29, 0.717) is 11.5 Å². The first-order chi connectivity index (χ1) is 14.4. The number of rotatable bonds is 6. The fraction of sp³-hybridized carbons (Fsp3) is 0.500. The van der Waals surface area contributed by atoms with Crippen molar-refractivity contribution in [2.45, 2.75) is 45.6 Å². The number of nitrogens with zero attached hydrogens (tertiary/aromatic N) is 4. The average Bonchev–Trinajstić information content (AvgIpc) is 3.04. The number of fused-ring (bicyclic) bond motifs is 1. The van der Waals surface area contributed by atoms with Gasteiger partial charge >= 0.3 is 0 Å². The zero-order valence-corrected chi connectivity index (χ0v) is 18.1. The maximum Gasteiger partial charge on any atom is 0.283 e. The lowest BCUT2D eigenvalue weighted by Crippen LogP contribution is -2.64. The molecule has 158 valence electrons. The van der Waals surface area contributed by atoms with E-state index in [-0.39, 0.29) is 10.6 Å². The van der Waals surface area contributed by atoms with Gasteiger partial charge in [-0.2, -0.15) is 5.10 Å². The summed E-state index contributed by atoms with van der Waals surface area (Å²) in [5.74, 6) is 1.95. The number of likely N-dealkylation sites (tertiary alicyclic amines) is 1. The molecule has 5 rings (SSSR count). The van der Waals surface area contributed by atoms with Crippen LogP contribution in [-0.2, 0) is 6.42 Å². The van der Waals surface area contributed by atoms with Gasteiger partial charge in [-0.3, -0.25) is 9.20 Å². The molecule has 0 unspecified atom stereocenters. The number of hydrogen-bond donors (Lipinski definition) is 1. The molecule has 1 saturated heterocycles. The highest BCUT2D eigenvalue weighted by Gasteiger charge is 2.53. The van der Waals surface area contributed by atoms with Crippen LogP contribution in [0.15, 0.2) is 29.3 Å². The third-order valence-electron chi connectivity index (χ3n) is 6.58. The molecular formula is C22H26ClN5O2. The van der Waals surface area contributed by atoms with Gasteiger partial charge in [0, 0.05) is 18.5 Å². The lowest BCUT2D eigenvalue weighted by Gasteiger charge is -2.58. The van der Waals surface area contributed by atoms with Crippen LogP contribution in [0, 0.1) is 19.3 Å². The molecule has 4 heterocycles. The Kier molecular flexibility index (Phi) is 4.82. The Morgan fingerprint density at radius 2 is 2.07 bits per heavy atom. The molecule has 0 aromatic carbocycles. The lowest BCUT2D eigenvalue weighted by molar-refractivity contribution is -0.119. The molecule has 3 aromatic heterocycles. The van der Waals surface area contributed by atoms with Crippen LogP contribution in [0.3, 0.4) is 0 Å². The van der Waals surface area contributed by atoms with Crippen LogP contribution in [0.5, 0.6) is 5.75 Å². The minimum absolute atomic E-state index is 0.267. The van der Waals surface area contributed by atoms with E-state index in [9.17, 15) is 4.79 Å². The van der Waals surface area contributed by atoms with E-state index in [4.69, 9.17) is 16.3 Å². The zero-order valence-electron chi connectivity index (χ0n) is 17.3. The largest absolute Gasteiger partial charge is 0.489 e. The zero-order chi connectivity index (χ0) is 20.9. The summed E-state index contributed by atoms with van der Waals surface area (Å²) in [7, 11) is 0. The molecule has 1 saturated carbocycles. The van der Waals surface area contributed by atoms with Crippen molar-refractivity contribution in [2.24, 2.45) is 5.41 Å². The van der Waals surface area contributed by atoms with Crippen LogP contribution in [0.1, 0.15) is 36.3 Å². The van der Waals surface area contributed by atoms with E-state index in [2.05, 4.69) is 43.5 Å². The van der Waals surface area contributed by atoms with Gasteiger partial charge in [-0.1, -0.05) is 11.6 Å². The summed E-state index contributed by atoms with van der Waals surface area (Å²) in [4.78, 5) is 18.4. The maximum atomic E-state index is 11.5. The third kappa shape index (κ3) is 3.40. The second-order valence-electron chi connectivity index (χ2n) is 8.85. The van der Waals surface area contributed by atoms with Crippen molar-refractivity contribution < 1.29 is 4.74 Å². The van der Waals surface area contributed by atoms with Crippen molar-refractivity contribution in [1.82, 2.24) is 24.5 Å². The topological polar surface area (TPSA) is 75.5 Å². The molecule has 1 aliphatic carbocycles. The van der Waals surface area contributed by atoms with Crippen LogP contribution >= 0.6 is 11.6 Å². The van der Waals surface area contributed by atoms with Gasteiger partial charge in [0.2, 0.25) is 0 Å². The Balaban J connectivity index is 1.09. The molecule has 0 bridgehead atoms. The number of H-pyrrole nitrogens is 1. The summed E-state index contributed by atoms with van der Waals surface area (Å²) in [6, 6.07) is 4.14. The standard InChI is InChI=1S/C22H26ClN5O2/c1-14-19(6-5-17-11-24-15(2)28(14)17)30-18-8-22(9-18)12-27(13-22)7-3-4-16-10-25-26-21(29)20(16)23/h5-6,10-11,18H,3-4,7-9,12-13H2,1-2H3,(H,26,29). The fourth-order valence-electron chi connectivity index (χ4n) is 5.11. The van der Waals surface area contributed by atoms with Crippen molar-refractivity contribution in [3.63, 3.8) is 0 Å². The van der Waals surface area contributed by atoms with Gasteiger partial charge in [0.05, 0.1) is 23.6 Å². The molecule has 7 nitrogen and oxygen atoms in total. The monoisotopic (exact) mass is 427 g/mol. The van der Waals surface area contributed by atoms with Gasteiger partial charge in [-0.15, -0.1) is 0 Å². The molecule has 30 heavy (non-hydrogen) atoms. The van der Waals surface area contributed by atoms with E-state index in [1.807, 2.05) is 13.1 Å². The minimum Gasteiger partial charge on any atom is -0.489 e. The summed E-state index contributed by atoms with van der Waals surface area (Å²) in [6.45, 7) is 7.40. The minimum atomic E-state index is -0.310. The Hall–Kier alpha value is -2.38. The summed E-state index contributed by atoms with van der Waals surface area (Å²) in [5, 5.41) is 6.46. The van der Waals surface area contributed by atoms with Gasteiger partial charge in [-0.25, -0.2) is 10.1 Å². The first-order valence-electron chi connectivity index (χ1n) is 10.5. The van der Waals surface area contributed by atoms with Crippen molar-refractivity contribution in [3.8, 4) is 5.75 Å². The van der Waals surface area contributed by atoms with E-state index < -0.39 is 0 Å². The molecule has 3 aromatic rings. The molecule has 0 radical (unpaired) electrons. The highest BCUT2D eigenvalue weighted by atomic mass is 35.5. The highest BCUT2D eigenvalue weighted by molar-refractivity contribution is 6.31. The Bertz CT molecular complexity index is 1140. The van der Waals surface area contributed by atoms with Gasteiger partial charge in [0.1, 0.15) is 22.7 Å². The number of halogens is 1. The second-order valence-corrected chi connectivity index (χ2v) is 9.23. The quantitative estimate of drug-likeness (QED) is 0.654. The molecular weight excluding hydrogens is 402 g/mol. The normalized spacial score (nSPS) is 18.5. The van der Waals surface area contributed by atoms with Gasteiger partial charge < -0.3 is 9.64 Å². The number of aromatic amines is 1. The molecule has 1 spiro atoms. The van der Waals surface area contributed by atoms with Crippen LogP contribution in [0.2, 0.25) is 5.02 Å². The predicted molar refractivity (Wildman–Crippen MR) is 115 cm³/mol. The van der Waals surface area contributed by atoms with Crippen LogP contribution in [0.25, 0.3) is 5.52 Å². The van der Waals surface area contributed by atoms with Crippen molar-refractivity contribution in [2.75, 3.05) is 19.6 Å². The molecule has 0 amide bonds. The third-order valence-corrected chi connectivity index (χ3v) is 7.00. The number of aromatic nitrogens is 4. The van der Waals surface area contributed by atoms with E-state index >= 15 is 0 Å². The van der Waals surface area contributed by atoms with Crippen LogP contribution < -0.4 is 10.3 Å². The predicted octanol–water partition coefficient (Wildman–Crippen LogP) is 3.16. The molecule has 2 fully saturated rings. The summed E-state index contributed by atoms with van der Waals surface area (Å²) in [6.07, 6.45) is 7.84. The SMILES string of the molecule is Cc1ncc2ccc(OC3CC4(C3)CN(CCCc3cn[nH]c(=O)c3Cl)C4)c(C)n12. The lowest BCUT2D eigenvalue weighted by atomic mass is 9.61. The number of imidazole rings is 1. The molecule has 0 atom stereocenters. The number of aryl methyl sites for hydroxylation is 3. The van der Waals surface area contributed by atoms with Crippen LogP contribution in [-0.4, -0.2) is 50.2 Å². The number of hydrogen-bond acceptors (Lipinski definition) is 5. The van der Waals surface area contributed by atoms with Crippen LogP contribution in [0.4, 0.5) is 0 Å². The first-order valence-corrected chi connectivity index (χ1v) is 10.9. The summed E-state index contributed by atoms with van der Waals surface area (Å²) >= 11 is 6.04. The van der Waals surface area contributed by atoms with E-state index in [1.165, 1.54) is 0 Å². The van der Waals surface area contributed by atoms with E-state index in [1.54, 1.807) is 6.20 Å². The van der Waals surface area contributed by atoms with Gasteiger partial charge in [0.25, 0.3) is 5.56 Å². The maximum absolute atomic E-state index is 11.5.